The third-order valence-electron chi connectivity index (χ3n) is 6.64. The number of hydrogen-bond donors (Lipinski definition) is 1. The number of benzene rings is 3. The summed E-state index contributed by atoms with van der Waals surface area (Å²) in [6.45, 7) is 6.91. The van der Waals surface area contributed by atoms with E-state index in [1.165, 1.54) is 0 Å². The van der Waals surface area contributed by atoms with Crippen LogP contribution in [0, 0.1) is 0 Å². The van der Waals surface area contributed by atoms with Crippen LogP contribution in [0.4, 0.5) is 4.79 Å². The largest absolute Gasteiger partial charge is 0.464 e. The molecule has 0 saturated heterocycles. The van der Waals surface area contributed by atoms with E-state index < -0.39 is 35.3 Å². The van der Waals surface area contributed by atoms with Gasteiger partial charge >= 0.3 is 12.1 Å². The summed E-state index contributed by atoms with van der Waals surface area (Å²) in [5.41, 5.74) is -2.11. The van der Waals surface area contributed by atoms with Gasteiger partial charge in [0.1, 0.15) is 5.60 Å². The van der Waals surface area contributed by atoms with Crippen LogP contribution in [0.2, 0.25) is 0 Å². The Labute approximate surface area is 256 Å². The van der Waals surface area contributed by atoms with Gasteiger partial charge in [0.25, 0.3) is 5.91 Å². The molecule has 0 saturated carbocycles. The molecule has 1 unspecified atom stereocenters. The monoisotopic (exact) mass is 622 g/mol. The van der Waals surface area contributed by atoms with Gasteiger partial charge in [-0.3, -0.25) is 9.88 Å². The minimum absolute atomic E-state index is 0.0600. The standard InChI is InChI=1S/C32H35N2O5PS2/c1-6-38-29(36)32(23-17-19-26(42-5)20-18-23,27-21-22-34(28(27)35)30(37)39-31(2,3)4)33-40(41,24-13-9-7-10-14-24)25-15-11-8-12-16-25/h7-21H,6,22H2,1-5H3,(H,33,41). The summed E-state index contributed by atoms with van der Waals surface area (Å²) in [5.74, 6) is -1.34. The quantitative estimate of drug-likeness (QED) is 0.190. The van der Waals surface area contributed by atoms with Gasteiger partial charge in [0, 0.05) is 15.5 Å². The molecule has 0 radical (unpaired) electrons. The van der Waals surface area contributed by atoms with Crippen molar-refractivity contribution in [3.8, 4) is 0 Å². The summed E-state index contributed by atoms with van der Waals surface area (Å²) >= 11 is 8.06. The molecule has 1 heterocycles. The number of rotatable bonds is 9. The molecule has 10 heteroatoms. The van der Waals surface area contributed by atoms with Crippen LogP contribution in [0.1, 0.15) is 33.3 Å². The number of hydrogen-bond acceptors (Lipinski definition) is 7. The van der Waals surface area contributed by atoms with Gasteiger partial charge in [-0.05, 0) is 51.6 Å². The molecule has 2 amide bonds. The SMILES string of the molecule is CCOC(=O)C(NP(=S)(c1ccccc1)c1ccccc1)(C1=CCN(C(=O)OC(C)(C)C)C1=O)c1ccc(SC)cc1. The molecule has 1 aliphatic heterocycles. The maximum Gasteiger partial charge on any atom is 0.417 e. The van der Waals surface area contributed by atoms with Crippen LogP contribution < -0.4 is 15.7 Å². The maximum absolute atomic E-state index is 14.4. The fraction of sp³-hybridized carbons (Fsp3) is 0.281. The van der Waals surface area contributed by atoms with Crippen LogP contribution in [-0.2, 0) is 36.4 Å². The van der Waals surface area contributed by atoms with Gasteiger partial charge in [-0.1, -0.05) is 90.7 Å². The fourth-order valence-electron chi connectivity index (χ4n) is 4.71. The zero-order valence-electron chi connectivity index (χ0n) is 24.3. The summed E-state index contributed by atoms with van der Waals surface area (Å²) in [6, 6.07) is 26.4. The molecule has 3 aromatic rings. The van der Waals surface area contributed by atoms with Gasteiger partial charge in [-0.2, -0.15) is 0 Å². The molecule has 0 bridgehead atoms. The number of carbonyl (C=O) groups is 3. The van der Waals surface area contributed by atoms with Crippen molar-refractivity contribution in [1.29, 1.82) is 0 Å². The summed E-state index contributed by atoms with van der Waals surface area (Å²) in [6.07, 6.45) is -0.258. The molecular weight excluding hydrogens is 587 g/mol. The van der Waals surface area contributed by atoms with Crippen molar-refractivity contribution in [2.24, 2.45) is 0 Å². The smallest absolute Gasteiger partial charge is 0.417 e. The number of esters is 1. The lowest BCUT2D eigenvalue weighted by Crippen LogP contribution is -2.55. The summed E-state index contributed by atoms with van der Waals surface area (Å²) in [7, 11) is 0. The van der Waals surface area contributed by atoms with E-state index >= 15 is 0 Å². The zero-order chi connectivity index (χ0) is 30.5. The Morgan fingerprint density at radius 3 is 1.98 bits per heavy atom. The van der Waals surface area contributed by atoms with E-state index in [4.69, 9.17) is 21.3 Å². The van der Waals surface area contributed by atoms with Crippen molar-refractivity contribution in [1.82, 2.24) is 9.99 Å². The van der Waals surface area contributed by atoms with Crippen molar-refractivity contribution in [2.45, 2.75) is 43.7 Å². The Bertz CT molecular complexity index is 1480. The first-order valence-electron chi connectivity index (χ1n) is 13.5. The average Bonchev–Trinajstić information content (AvgIpc) is 3.37. The van der Waals surface area contributed by atoms with Gasteiger partial charge in [0.15, 0.2) is 5.54 Å². The van der Waals surface area contributed by atoms with Crippen LogP contribution in [0.3, 0.4) is 0 Å². The Kier molecular flexibility index (Phi) is 9.78. The first-order valence-corrected chi connectivity index (χ1v) is 17.6. The Morgan fingerprint density at radius 2 is 1.50 bits per heavy atom. The Morgan fingerprint density at radius 1 is 0.952 bits per heavy atom. The number of amides is 2. The second kappa shape index (κ2) is 13.0. The molecule has 42 heavy (non-hydrogen) atoms. The molecule has 3 aromatic carbocycles. The van der Waals surface area contributed by atoms with Crippen LogP contribution in [-0.4, -0.2) is 47.9 Å². The third kappa shape index (κ3) is 6.40. The lowest BCUT2D eigenvalue weighted by molar-refractivity contribution is -0.150. The Hall–Kier alpha value is -3.23. The lowest BCUT2D eigenvalue weighted by atomic mass is 9.83. The van der Waals surface area contributed by atoms with Crippen LogP contribution in [0.15, 0.2) is 101 Å². The molecule has 7 nitrogen and oxygen atoms in total. The number of thioether (sulfide) groups is 1. The average molecular weight is 623 g/mol. The molecule has 0 aromatic heterocycles. The van der Waals surface area contributed by atoms with Gasteiger partial charge in [-0.25, -0.2) is 14.5 Å². The fourth-order valence-corrected chi connectivity index (χ4v) is 8.81. The highest BCUT2D eigenvalue weighted by molar-refractivity contribution is 8.21. The van der Waals surface area contributed by atoms with E-state index in [-0.39, 0.29) is 18.7 Å². The van der Waals surface area contributed by atoms with E-state index in [2.05, 4.69) is 5.09 Å². The van der Waals surface area contributed by atoms with Crippen LogP contribution in [0.25, 0.3) is 0 Å². The Balaban J connectivity index is 1.98. The molecule has 0 aliphatic carbocycles. The van der Waals surface area contributed by atoms with Gasteiger partial charge < -0.3 is 9.47 Å². The highest BCUT2D eigenvalue weighted by Crippen LogP contribution is 2.48. The maximum atomic E-state index is 14.4. The van der Waals surface area contributed by atoms with Crippen LogP contribution in [0.5, 0.6) is 0 Å². The van der Waals surface area contributed by atoms with Gasteiger partial charge in [-0.15, -0.1) is 11.8 Å². The molecule has 1 N–H and O–H groups in total. The number of ether oxygens (including phenoxy) is 2. The normalized spacial score (nSPS) is 15.1. The van der Waals surface area contributed by atoms with Crippen molar-refractivity contribution in [3.05, 3.63) is 102 Å². The lowest BCUT2D eigenvalue weighted by Gasteiger charge is -2.39. The van der Waals surface area contributed by atoms with Gasteiger partial charge in [0.05, 0.1) is 24.9 Å². The second-order valence-electron chi connectivity index (χ2n) is 10.6. The molecule has 1 aliphatic rings. The first kappa shape index (κ1) is 31.7. The highest BCUT2D eigenvalue weighted by atomic mass is 32.4. The number of imide groups is 1. The molecule has 4 rings (SSSR count). The molecule has 0 fully saturated rings. The van der Waals surface area contributed by atoms with Crippen molar-refractivity contribution in [2.75, 3.05) is 19.4 Å². The number of carbonyl (C=O) groups excluding carboxylic acids is 3. The van der Waals surface area contributed by atoms with E-state index in [0.717, 1.165) is 20.4 Å². The van der Waals surface area contributed by atoms with Gasteiger partial charge in [0.2, 0.25) is 0 Å². The minimum Gasteiger partial charge on any atom is -0.464 e. The molecule has 1 atom stereocenters. The number of nitrogens with one attached hydrogen (secondary N) is 1. The van der Waals surface area contributed by atoms with E-state index in [0.29, 0.717) is 5.56 Å². The predicted molar refractivity (Wildman–Crippen MR) is 172 cm³/mol. The summed E-state index contributed by atoms with van der Waals surface area (Å²) in [5, 5.41) is 5.17. The van der Waals surface area contributed by atoms with Crippen molar-refractivity contribution in [3.63, 3.8) is 0 Å². The molecular formula is C32H35N2O5PS2. The van der Waals surface area contributed by atoms with E-state index in [1.54, 1.807) is 57.7 Å². The van der Waals surface area contributed by atoms with Crippen LogP contribution >= 0.6 is 18.0 Å². The number of nitrogens with zero attached hydrogens (tertiary/aromatic N) is 1. The third-order valence-corrected chi connectivity index (χ3v) is 11.6. The minimum atomic E-state index is -3.01. The zero-order valence-corrected chi connectivity index (χ0v) is 26.9. The van der Waals surface area contributed by atoms with E-state index in [9.17, 15) is 14.4 Å². The highest BCUT2D eigenvalue weighted by Gasteiger charge is 2.54. The van der Waals surface area contributed by atoms with E-state index in [1.807, 2.05) is 79.1 Å². The first-order chi connectivity index (χ1) is 20.0. The second-order valence-corrected chi connectivity index (χ2v) is 15.6. The molecule has 0 spiro atoms. The van der Waals surface area contributed by atoms with Crippen molar-refractivity contribution >= 4 is 58.3 Å². The summed E-state index contributed by atoms with van der Waals surface area (Å²) in [4.78, 5) is 43.5. The topological polar surface area (TPSA) is 84.9 Å². The van der Waals surface area contributed by atoms with Crippen molar-refractivity contribution < 1.29 is 23.9 Å². The summed E-state index contributed by atoms with van der Waals surface area (Å²) < 4.78 is 11.2. The molecule has 220 valence electrons. The predicted octanol–water partition coefficient (Wildman–Crippen LogP) is 5.51.